The Morgan fingerprint density at radius 3 is 3.00 bits per heavy atom. The molecule has 9 heteroatoms. The Balaban J connectivity index is 1.53. The van der Waals surface area contributed by atoms with E-state index in [-0.39, 0.29) is 24.3 Å². The second-order valence-electron chi connectivity index (χ2n) is 5.54. The van der Waals surface area contributed by atoms with E-state index in [0.717, 1.165) is 30.8 Å². The molecule has 1 fully saturated rings. The van der Waals surface area contributed by atoms with Crippen molar-refractivity contribution >= 4 is 28.3 Å². The van der Waals surface area contributed by atoms with Gasteiger partial charge in [0, 0.05) is 24.3 Å². The molecule has 1 atom stereocenters. The van der Waals surface area contributed by atoms with Crippen molar-refractivity contribution in [3.8, 4) is 5.88 Å². The van der Waals surface area contributed by atoms with Crippen LogP contribution < -0.4 is 10.1 Å². The van der Waals surface area contributed by atoms with Crippen LogP contribution in [0, 0.1) is 0 Å². The summed E-state index contributed by atoms with van der Waals surface area (Å²) in [6.07, 6.45) is 3.58. The lowest BCUT2D eigenvalue weighted by atomic mass is 10.2. The molecule has 1 unspecified atom stereocenters. The minimum Gasteiger partial charge on any atom is -0.475 e. The third-order valence-corrected chi connectivity index (χ3v) is 4.41. The van der Waals surface area contributed by atoms with Gasteiger partial charge in [0.05, 0.1) is 18.3 Å². The molecule has 0 aromatic carbocycles. The van der Waals surface area contributed by atoms with E-state index in [9.17, 15) is 9.59 Å². The van der Waals surface area contributed by atoms with Gasteiger partial charge in [0.2, 0.25) is 5.88 Å². The van der Waals surface area contributed by atoms with Gasteiger partial charge in [-0.3, -0.25) is 10.1 Å². The van der Waals surface area contributed by atoms with Crippen LogP contribution in [0.2, 0.25) is 0 Å². The number of carbonyl (C=O) groups excluding carboxylic acids is 2. The Morgan fingerprint density at radius 2 is 2.31 bits per heavy atom. The predicted octanol–water partition coefficient (Wildman–Crippen LogP) is 2.52. The zero-order chi connectivity index (χ0) is 18.4. The van der Waals surface area contributed by atoms with Gasteiger partial charge in [-0.2, -0.15) is 0 Å². The van der Waals surface area contributed by atoms with E-state index in [0.29, 0.717) is 23.2 Å². The summed E-state index contributed by atoms with van der Waals surface area (Å²) in [5, 5.41) is 4.48. The lowest BCUT2D eigenvalue weighted by Gasteiger charge is -2.10. The van der Waals surface area contributed by atoms with Crippen LogP contribution in [0.4, 0.5) is 5.13 Å². The van der Waals surface area contributed by atoms with Crippen molar-refractivity contribution in [1.29, 1.82) is 0 Å². The first-order chi connectivity index (χ1) is 12.7. The summed E-state index contributed by atoms with van der Waals surface area (Å²) in [7, 11) is 0. The van der Waals surface area contributed by atoms with E-state index in [4.69, 9.17) is 14.2 Å². The number of aromatic nitrogens is 2. The van der Waals surface area contributed by atoms with Crippen molar-refractivity contribution < 1.29 is 23.8 Å². The quantitative estimate of drug-likeness (QED) is 0.740. The third-order valence-electron chi connectivity index (χ3n) is 3.65. The maximum absolute atomic E-state index is 12.2. The summed E-state index contributed by atoms with van der Waals surface area (Å²) in [5.74, 6) is -0.442. The monoisotopic (exact) mass is 377 g/mol. The number of thiazole rings is 1. The molecule has 1 N–H and O–H groups in total. The standard InChI is InChI=1S/C17H19N3O5S/c1-2-23-16(22)13-10-26-17(19-13)20-15(21)11-5-6-14(18-8-11)25-9-12-4-3-7-24-12/h5-6,8,10,12H,2-4,7,9H2,1H3,(H,19,20,21). The number of rotatable bonds is 7. The molecule has 1 aliphatic heterocycles. The second kappa shape index (κ2) is 8.72. The molecular formula is C17H19N3O5S. The molecule has 26 heavy (non-hydrogen) atoms. The largest absolute Gasteiger partial charge is 0.475 e. The first kappa shape index (κ1) is 18.3. The van der Waals surface area contributed by atoms with E-state index in [1.54, 1.807) is 19.1 Å². The fourth-order valence-corrected chi connectivity index (χ4v) is 3.03. The van der Waals surface area contributed by atoms with Gasteiger partial charge in [0.25, 0.3) is 5.91 Å². The number of anilines is 1. The molecule has 1 aliphatic rings. The molecule has 0 spiro atoms. The van der Waals surface area contributed by atoms with E-state index in [1.165, 1.54) is 11.6 Å². The van der Waals surface area contributed by atoms with Crippen LogP contribution in [-0.2, 0) is 9.47 Å². The molecule has 138 valence electrons. The maximum Gasteiger partial charge on any atom is 0.357 e. The molecule has 8 nitrogen and oxygen atoms in total. The van der Waals surface area contributed by atoms with Crippen LogP contribution in [-0.4, -0.2) is 47.8 Å². The Hall–Kier alpha value is -2.52. The summed E-state index contributed by atoms with van der Waals surface area (Å²) < 4.78 is 15.9. The average Bonchev–Trinajstić information content (AvgIpc) is 3.32. The molecule has 0 saturated carbocycles. The molecule has 2 aromatic heterocycles. The summed E-state index contributed by atoms with van der Waals surface area (Å²) in [6, 6.07) is 3.25. The van der Waals surface area contributed by atoms with E-state index in [2.05, 4.69) is 15.3 Å². The van der Waals surface area contributed by atoms with Crippen molar-refractivity contribution in [2.75, 3.05) is 25.1 Å². The van der Waals surface area contributed by atoms with Gasteiger partial charge in [-0.15, -0.1) is 11.3 Å². The predicted molar refractivity (Wildman–Crippen MR) is 94.7 cm³/mol. The van der Waals surface area contributed by atoms with Crippen LogP contribution in [0.15, 0.2) is 23.7 Å². The number of ether oxygens (including phenoxy) is 3. The summed E-state index contributed by atoms with van der Waals surface area (Å²) >= 11 is 1.15. The second-order valence-corrected chi connectivity index (χ2v) is 6.40. The zero-order valence-electron chi connectivity index (χ0n) is 14.3. The molecule has 1 amide bonds. The topological polar surface area (TPSA) is 99.6 Å². The normalized spacial score (nSPS) is 16.3. The Morgan fingerprint density at radius 1 is 1.42 bits per heavy atom. The SMILES string of the molecule is CCOC(=O)c1csc(NC(=O)c2ccc(OCC3CCCO3)nc2)n1. The maximum atomic E-state index is 12.2. The summed E-state index contributed by atoms with van der Waals surface area (Å²) in [4.78, 5) is 32.0. The zero-order valence-corrected chi connectivity index (χ0v) is 15.1. The lowest BCUT2D eigenvalue weighted by molar-refractivity contribution is 0.0520. The number of hydrogen-bond donors (Lipinski definition) is 1. The first-order valence-corrected chi connectivity index (χ1v) is 9.18. The highest BCUT2D eigenvalue weighted by molar-refractivity contribution is 7.14. The van der Waals surface area contributed by atoms with E-state index >= 15 is 0 Å². The Bertz CT molecular complexity index is 756. The minimum atomic E-state index is -0.515. The molecule has 1 saturated heterocycles. The third kappa shape index (κ3) is 4.77. The van der Waals surface area contributed by atoms with Crippen LogP contribution in [0.3, 0.4) is 0 Å². The first-order valence-electron chi connectivity index (χ1n) is 8.30. The van der Waals surface area contributed by atoms with Gasteiger partial charge in [0.1, 0.15) is 6.61 Å². The molecule has 3 heterocycles. The van der Waals surface area contributed by atoms with E-state index < -0.39 is 5.97 Å². The van der Waals surface area contributed by atoms with Gasteiger partial charge in [-0.1, -0.05) is 0 Å². The molecule has 0 aliphatic carbocycles. The number of nitrogens with one attached hydrogen (secondary N) is 1. The highest BCUT2D eigenvalue weighted by Crippen LogP contribution is 2.18. The Labute approximate surface area is 154 Å². The van der Waals surface area contributed by atoms with Crippen molar-refractivity contribution in [2.24, 2.45) is 0 Å². The molecule has 2 aromatic rings. The van der Waals surface area contributed by atoms with Gasteiger partial charge in [-0.25, -0.2) is 14.8 Å². The summed E-state index contributed by atoms with van der Waals surface area (Å²) in [6.45, 7) is 3.21. The van der Waals surface area contributed by atoms with Crippen molar-refractivity contribution in [3.05, 3.63) is 35.0 Å². The van der Waals surface area contributed by atoms with E-state index in [1.807, 2.05) is 0 Å². The number of nitrogens with zero attached hydrogens (tertiary/aromatic N) is 2. The fraction of sp³-hybridized carbons (Fsp3) is 0.412. The highest BCUT2D eigenvalue weighted by Gasteiger charge is 2.17. The van der Waals surface area contributed by atoms with Gasteiger partial charge < -0.3 is 14.2 Å². The number of amides is 1. The lowest BCUT2D eigenvalue weighted by Crippen LogP contribution is -2.17. The molecule has 3 rings (SSSR count). The van der Waals surface area contributed by atoms with Crippen molar-refractivity contribution in [3.63, 3.8) is 0 Å². The highest BCUT2D eigenvalue weighted by atomic mass is 32.1. The molecular weight excluding hydrogens is 358 g/mol. The van der Waals surface area contributed by atoms with Gasteiger partial charge >= 0.3 is 5.97 Å². The van der Waals surface area contributed by atoms with Crippen LogP contribution in [0.5, 0.6) is 5.88 Å². The van der Waals surface area contributed by atoms with Crippen LogP contribution >= 0.6 is 11.3 Å². The van der Waals surface area contributed by atoms with Gasteiger partial charge in [0.15, 0.2) is 10.8 Å². The average molecular weight is 377 g/mol. The number of esters is 1. The Kier molecular flexibility index (Phi) is 6.13. The smallest absolute Gasteiger partial charge is 0.357 e. The number of hydrogen-bond acceptors (Lipinski definition) is 8. The van der Waals surface area contributed by atoms with Crippen molar-refractivity contribution in [1.82, 2.24) is 9.97 Å². The number of carbonyl (C=O) groups is 2. The van der Waals surface area contributed by atoms with Crippen molar-refractivity contribution in [2.45, 2.75) is 25.9 Å². The molecule has 0 bridgehead atoms. The molecule has 0 radical (unpaired) electrons. The summed E-state index contributed by atoms with van der Waals surface area (Å²) in [5.41, 5.74) is 0.533. The van der Waals surface area contributed by atoms with Gasteiger partial charge in [-0.05, 0) is 25.8 Å². The number of pyridine rings is 1. The van der Waals surface area contributed by atoms with Crippen LogP contribution in [0.25, 0.3) is 0 Å². The minimum absolute atomic E-state index is 0.110. The van der Waals surface area contributed by atoms with Crippen LogP contribution in [0.1, 0.15) is 40.6 Å². The fourth-order valence-electron chi connectivity index (χ4n) is 2.35.